The lowest BCUT2D eigenvalue weighted by Gasteiger charge is -2.23. The summed E-state index contributed by atoms with van der Waals surface area (Å²) in [5, 5.41) is 0. The molecule has 0 fully saturated rings. The van der Waals surface area contributed by atoms with Gasteiger partial charge in [0.25, 0.3) is 10.0 Å². The summed E-state index contributed by atoms with van der Waals surface area (Å²) in [5.41, 5.74) is 3.62. The molecule has 0 heterocycles. The Hall–Kier alpha value is -1.82. The summed E-state index contributed by atoms with van der Waals surface area (Å²) in [4.78, 5) is 0. The highest BCUT2D eigenvalue weighted by molar-refractivity contribution is 9.11. The largest absolute Gasteiger partial charge is 0.280 e. The van der Waals surface area contributed by atoms with Crippen LogP contribution in [0.5, 0.6) is 0 Å². The molecule has 0 aliphatic heterocycles. The van der Waals surface area contributed by atoms with Crippen LogP contribution in [0, 0.1) is 6.92 Å². The zero-order valence-electron chi connectivity index (χ0n) is 14.0. The second-order valence-corrected chi connectivity index (χ2v) is 10.7. The minimum Gasteiger partial charge on any atom is -0.280 e. The first-order valence-electron chi connectivity index (χ1n) is 7.93. The summed E-state index contributed by atoms with van der Waals surface area (Å²) >= 11 is 9.61. The number of rotatable bonds is 5. The lowest BCUT2D eigenvalue weighted by atomic mass is 10.0. The molecular formula is C20H17BrClNO2S. The lowest BCUT2D eigenvalue weighted by molar-refractivity contribution is 0.596. The third-order valence-electron chi connectivity index (χ3n) is 3.98. The maximum absolute atomic E-state index is 13.0. The Kier molecular flexibility index (Phi) is 5.42. The SMILES string of the molecule is Cc1ccc(C(Cl)(Br)S(=O)(=O)Nc2ccccc2-c2ccccc2)cc1. The van der Waals surface area contributed by atoms with E-state index in [0.29, 0.717) is 11.3 Å². The summed E-state index contributed by atoms with van der Waals surface area (Å²) in [6.07, 6.45) is 0. The summed E-state index contributed by atoms with van der Waals surface area (Å²) in [6.45, 7) is 1.93. The van der Waals surface area contributed by atoms with Crippen molar-refractivity contribution in [3.63, 3.8) is 0 Å². The number of alkyl halides is 2. The van der Waals surface area contributed by atoms with Gasteiger partial charge in [-0.05, 0) is 34.5 Å². The predicted octanol–water partition coefficient (Wildman–Crippen LogP) is 5.85. The molecule has 0 saturated carbocycles. The third-order valence-corrected chi connectivity index (χ3v) is 7.94. The Balaban J connectivity index is 1.99. The van der Waals surface area contributed by atoms with Gasteiger partial charge >= 0.3 is 0 Å². The monoisotopic (exact) mass is 449 g/mol. The molecule has 1 atom stereocenters. The van der Waals surface area contributed by atoms with E-state index in [-0.39, 0.29) is 0 Å². The van der Waals surface area contributed by atoms with Crippen LogP contribution in [0.1, 0.15) is 11.1 Å². The Morgan fingerprint density at radius 2 is 1.46 bits per heavy atom. The standard InChI is InChI=1S/C20H17BrClNO2S/c1-15-11-13-17(14-12-15)20(21,22)26(24,25)23-19-10-6-5-9-18(19)16-7-3-2-4-8-16/h2-14,23H,1H3. The fourth-order valence-electron chi connectivity index (χ4n) is 2.55. The number of hydrogen-bond donors (Lipinski definition) is 1. The highest BCUT2D eigenvalue weighted by Gasteiger charge is 2.41. The summed E-state index contributed by atoms with van der Waals surface area (Å²) in [6, 6.07) is 23.8. The normalized spacial score (nSPS) is 13.8. The highest BCUT2D eigenvalue weighted by atomic mass is 79.9. The average Bonchev–Trinajstić information content (AvgIpc) is 2.63. The molecule has 0 saturated heterocycles. The molecule has 3 nitrogen and oxygen atoms in total. The van der Waals surface area contributed by atoms with Crippen LogP contribution in [-0.4, -0.2) is 8.42 Å². The molecule has 0 aromatic heterocycles. The second kappa shape index (κ2) is 7.43. The van der Waals surface area contributed by atoms with Crippen molar-refractivity contribution in [2.75, 3.05) is 4.72 Å². The van der Waals surface area contributed by atoms with Crippen LogP contribution >= 0.6 is 27.5 Å². The van der Waals surface area contributed by atoms with E-state index < -0.39 is 13.1 Å². The second-order valence-electron chi connectivity index (χ2n) is 5.90. The van der Waals surface area contributed by atoms with E-state index in [9.17, 15) is 8.42 Å². The zero-order valence-corrected chi connectivity index (χ0v) is 17.1. The van der Waals surface area contributed by atoms with Crippen molar-refractivity contribution in [3.8, 4) is 11.1 Å². The molecule has 134 valence electrons. The molecule has 0 aliphatic rings. The first kappa shape index (κ1) is 19.0. The van der Waals surface area contributed by atoms with Crippen LogP contribution in [0.15, 0.2) is 78.9 Å². The van der Waals surface area contributed by atoms with Gasteiger partial charge in [0.15, 0.2) is 0 Å². The van der Waals surface area contributed by atoms with E-state index in [2.05, 4.69) is 20.7 Å². The molecule has 0 bridgehead atoms. The Labute approximate surface area is 167 Å². The van der Waals surface area contributed by atoms with Crippen molar-refractivity contribution in [3.05, 3.63) is 90.0 Å². The van der Waals surface area contributed by atoms with E-state index in [4.69, 9.17) is 11.6 Å². The lowest BCUT2D eigenvalue weighted by Crippen LogP contribution is -2.30. The molecule has 1 N–H and O–H groups in total. The van der Waals surface area contributed by atoms with Crippen molar-refractivity contribution in [1.29, 1.82) is 0 Å². The number of aryl methyl sites for hydroxylation is 1. The molecule has 3 rings (SSSR count). The van der Waals surface area contributed by atoms with Gasteiger partial charge in [-0.3, -0.25) is 4.72 Å². The third kappa shape index (κ3) is 3.80. The minimum atomic E-state index is -3.98. The quantitative estimate of drug-likeness (QED) is 0.496. The fourth-order valence-corrected chi connectivity index (χ4v) is 4.34. The molecule has 0 spiro atoms. The van der Waals surface area contributed by atoms with Crippen LogP contribution in [0.2, 0.25) is 0 Å². The number of para-hydroxylation sites is 1. The molecule has 3 aromatic carbocycles. The number of sulfonamides is 1. The maximum atomic E-state index is 13.0. The first-order valence-corrected chi connectivity index (χ1v) is 10.6. The van der Waals surface area contributed by atoms with Crippen molar-refractivity contribution in [2.45, 2.75) is 10.0 Å². The van der Waals surface area contributed by atoms with Crippen molar-refractivity contribution < 1.29 is 8.42 Å². The van der Waals surface area contributed by atoms with E-state index in [0.717, 1.165) is 16.7 Å². The highest BCUT2D eigenvalue weighted by Crippen LogP contribution is 2.43. The van der Waals surface area contributed by atoms with Crippen LogP contribution in [-0.2, 0) is 13.1 Å². The first-order chi connectivity index (χ1) is 12.3. The van der Waals surface area contributed by atoms with Gasteiger partial charge in [-0.15, -0.1) is 0 Å². The van der Waals surface area contributed by atoms with Gasteiger partial charge in [-0.1, -0.05) is 90.0 Å². The minimum absolute atomic E-state index is 0.439. The van der Waals surface area contributed by atoms with Crippen LogP contribution in [0.3, 0.4) is 0 Å². The van der Waals surface area contributed by atoms with Gasteiger partial charge in [0.05, 0.1) is 5.69 Å². The summed E-state index contributed by atoms with van der Waals surface area (Å²) in [5.74, 6) is 0. The molecule has 6 heteroatoms. The van der Waals surface area contributed by atoms with Gasteiger partial charge in [0.1, 0.15) is 0 Å². The van der Waals surface area contributed by atoms with E-state index in [1.54, 1.807) is 24.3 Å². The number of nitrogens with one attached hydrogen (secondary N) is 1. The molecular weight excluding hydrogens is 434 g/mol. The molecule has 0 radical (unpaired) electrons. The van der Waals surface area contributed by atoms with Crippen molar-refractivity contribution in [1.82, 2.24) is 0 Å². The number of benzene rings is 3. The summed E-state index contributed by atoms with van der Waals surface area (Å²) in [7, 11) is -3.98. The number of anilines is 1. The van der Waals surface area contributed by atoms with E-state index in [1.165, 1.54) is 0 Å². The Morgan fingerprint density at radius 3 is 2.12 bits per heavy atom. The van der Waals surface area contributed by atoms with Gasteiger partial charge in [0.2, 0.25) is 3.12 Å². The van der Waals surface area contributed by atoms with Crippen LogP contribution < -0.4 is 4.72 Å². The Morgan fingerprint density at radius 1 is 0.885 bits per heavy atom. The zero-order chi connectivity index (χ0) is 18.8. The molecule has 1 unspecified atom stereocenters. The molecule has 0 aliphatic carbocycles. The van der Waals surface area contributed by atoms with Crippen molar-refractivity contribution >= 4 is 43.2 Å². The molecule has 0 amide bonds. The average molecular weight is 451 g/mol. The van der Waals surface area contributed by atoms with Gasteiger partial charge in [-0.2, -0.15) is 0 Å². The van der Waals surface area contributed by atoms with Crippen LogP contribution in [0.4, 0.5) is 5.69 Å². The van der Waals surface area contributed by atoms with Crippen molar-refractivity contribution in [2.24, 2.45) is 0 Å². The smallest absolute Gasteiger partial charge is 0.267 e. The summed E-state index contributed by atoms with van der Waals surface area (Å²) < 4.78 is 26.9. The number of hydrogen-bond acceptors (Lipinski definition) is 2. The van der Waals surface area contributed by atoms with E-state index >= 15 is 0 Å². The topological polar surface area (TPSA) is 46.2 Å². The van der Waals surface area contributed by atoms with Gasteiger partial charge in [-0.25, -0.2) is 8.42 Å². The maximum Gasteiger partial charge on any atom is 0.267 e. The fraction of sp³-hybridized carbons (Fsp3) is 0.100. The van der Waals surface area contributed by atoms with Crippen LogP contribution in [0.25, 0.3) is 11.1 Å². The van der Waals surface area contributed by atoms with Gasteiger partial charge in [0, 0.05) is 11.1 Å². The van der Waals surface area contributed by atoms with E-state index in [1.807, 2.05) is 61.5 Å². The number of halogens is 2. The predicted molar refractivity (Wildman–Crippen MR) is 112 cm³/mol. The molecule has 26 heavy (non-hydrogen) atoms. The van der Waals surface area contributed by atoms with Gasteiger partial charge < -0.3 is 0 Å². The molecule has 3 aromatic rings. The Bertz CT molecular complexity index is 1000.